The van der Waals surface area contributed by atoms with Gasteiger partial charge >= 0.3 is 0 Å². The lowest BCUT2D eigenvalue weighted by molar-refractivity contribution is -0.125. The van der Waals surface area contributed by atoms with Gasteiger partial charge in [-0.2, -0.15) is 5.10 Å². The molecule has 0 unspecified atom stereocenters. The molecule has 3 heterocycles. The molecule has 1 saturated heterocycles. The van der Waals surface area contributed by atoms with Crippen molar-refractivity contribution in [1.82, 2.24) is 25.0 Å². The highest BCUT2D eigenvalue weighted by atomic mass is 16.1. The van der Waals surface area contributed by atoms with Crippen molar-refractivity contribution < 1.29 is 4.79 Å². The standard InChI is InChI=1S/C18H26N6O/c1-15(14-24-8-4-7-21-24)18(25)20-13-16-5-3-6-19-17(16)23-11-9-22(2)10-12-23/h3-8,15H,9-14H2,1-2H3,(H,20,25)/t15-/m0/s1. The molecule has 1 fully saturated rings. The van der Waals surface area contributed by atoms with Gasteiger partial charge in [-0.15, -0.1) is 0 Å². The maximum atomic E-state index is 12.4. The van der Waals surface area contributed by atoms with Crippen LogP contribution in [0, 0.1) is 5.92 Å². The average molecular weight is 342 g/mol. The van der Waals surface area contributed by atoms with E-state index in [1.807, 2.05) is 37.5 Å². The predicted octanol–water partition coefficient (Wildman–Crippen LogP) is 0.982. The number of nitrogens with one attached hydrogen (secondary N) is 1. The average Bonchev–Trinajstić information content (AvgIpc) is 3.13. The molecular weight excluding hydrogens is 316 g/mol. The number of aromatic nitrogens is 3. The fourth-order valence-corrected chi connectivity index (χ4v) is 3.00. The molecule has 134 valence electrons. The van der Waals surface area contributed by atoms with Crippen molar-refractivity contribution >= 4 is 11.7 Å². The number of hydrogen-bond acceptors (Lipinski definition) is 5. The summed E-state index contributed by atoms with van der Waals surface area (Å²) in [6.07, 6.45) is 5.41. The number of pyridine rings is 1. The smallest absolute Gasteiger partial charge is 0.224 e. The first kappa shape index (κ1) is 17.4. The Labute approximate surface area is 148 Å². The zero-order valence-corrected chi connectivity index (χ0v) is 14.9. The van der Waals surface area contributed by atoms with E-state index in [-0.39, 0.29) is 11.8 Å². The summed E-state index contributed by atoms with van der Waals surface area (Å²) in [5.41, 5.74) is 1.06. The van der Waals surface area contributed by atoms with Crippen LogP contribution in [0.4, 0.5) is 5.82 Å². The second kappa shape index (κ2) is 8.11. The Balaban J connectivity index is 1.58. The highest BCUT2D eigenvalue weighted by Gasteiger charge is 2.19. The van der Waals surface area contributed by atoms with Gasteiger partial charge in [-0.05, 0) is 19.2 Å². The topological polar surface area (TPSA) is 66.3 Å². The summed E-state index contributed by atoms with van der Waals surface area (Å²) < 4.78 is 1.78. The van der Waals surface area contributed by atoms with E-state index >= 15 is 0 Å². The van der Waals surface area contributed by atoms with Crippen molar-refractivity contribution in [3.63, 3.8) is 0 Å². The summed E-state index contributed by atoms with van der Waals surface area (Å²) in [5, 5.41) is 7.20. The minimum absolute atomic E-state index is 0.0312. The molecule has 1 atom stereocenters. The number of rotatable bonds is 6. The van der Waals surface area contributed by atoms with Gasteiger partial charge in [-0.1, -0.05) is 13.0 Å². The third kappa shape index (κ3) is 4.57. The van der Waals surface area contributed by atoms with Crippen molar-refractivity contribution in [2.45, 2.75) is 20.0 Å². The Hall–Kier alpha value is -2.41. The molecule has 0 bridgehead atoms. The minimum atomic E-state index is -0.136. The number of carbonyl (C=O) groups excluding carboxylic acids is 1. The van der Waals surface area contributed by atoms with Gasteiger partial charge in [0, 0.05) is 56.9 Å². The van der Waals surface area contributed by atoms with Crippen LogP contribution < -0.4 is 10.2 Å². The van der Waals surface area contributed by atoms with Crippen molar-refractivity contribution in [1.29, 1.82) is 0 Å². The summed E-state index contributed by atoms with van der Waals surface area (Å²) in [6, 6.07) is 5.83. The lowest BCUT2D eigenvalue weighted by Gasteiger charge is -2.34. The molecule has 0 saturated carbocycles. The van der Waals surface area contributed by atoms with E-state index in [0.29, 0.717) is 13.1 Å². The molecule has 7 heteroatoms. The van der Waals surface area contributed by atoms with Crippen LogP contribution in [0.25, 0.3) is 0 Å². The molecule has 0 aliphatic carbocycles. The summed E-state index contributed by atoms with van der Waals surface area (Å²) in [7, 11) is 2.14. The van der Waals surface area contributed by atoms with Crippen LogP contribution in [0.3, 0.4) is 0 Å². The molecule has 7 nitrogen and oxygen atoms in total. The van der Waals surface area contributed by atoms with Crippen LogP contribution in [0.15, 0.2) is 36.8 Å². The molecule has 3 rings (SSSR count). The van der Waals surface area contributed by atoms with Crippen molar-refractivity contribution in [3.8, 4) is 0 Å². The van der Waals surface area contributed by atoms with Gasteiger partial charge in [0.2, 0.25) is 5.91 Å². The predicted molar refractivity (Wildman–Crippen MR) is 97.2 cm³/mol. The van der Waals surface area contributed by atoms with E-state index in [1.54, 1.807) is 10.9 Å². The zero-order chi connectivity index (χ0) is 17.6. The summed E-state index contributed by atoms with van der Waals surface area (Å²) in [5.74, 6) is 0.878. The molecular formula is C18H26N6O. The Morgan fingerprint density at radius 3 is 2.76 bits per heavy atom. The minimum Gasteiger partial charge on any atom is -0.354 e. The quantitative estimate of drug-likeness (QED) is 0.848. The molecule has 1 amide bonds. The van der Waals surface area contributed by atoms with Gasteiger partial charge in [0.25, 0.3) is 0 Å². The third-order valence-corrected chi connectivity index (χ3v) is 4.59. The van der Waals surface area contributed by atoms with E-state index in [4.69, 9.17) is 0 Å². The normalized spacial score (nSPS) is 16.6. The van der Waals surface area contributed by atoms with Crippen molar-refractivity contribution in [2.24, 2.45) is 5.92 Å². The first-order valence-corrected chi connectivity index (χ1v) is 8.76. The van der Waals surface area contributed by atoms with E-state index in [0.717, 1.165) is 37.6 Å². The first-order valence-electron chi connectivity index (χ1n) is 8.76. The maximum Gasteiger partial charge on any atom is 0.224 e. The molecule has 1 aliphatic heterocycles. The summed E-state index contributed by atoms with van der Waals surface area (Å²) in [6.45, 7) is 6.98. The number of likely N-dealkylation sites (N-methyl/N-ethyl adjacent to an activating group) is 1. The second-order valence-corrected chi connectivity index (χ2v) is 6.62. The number of anilines is 1. The number of hydrogen-bond donors (Lipinski definition) is 1. The second-order valence-electron chi connectivity index (χ2n) is 6.62. The number of carbonyl (C=O) groups is 1. The SMILES string of the molecule is C[C@@H](Cn1cccn1)C(=O)NCc1cccnc1N1CCN(C)CC1. The van der Waals surface area contributed by atoms with Crippen LogP contribution in [-0.2, 0) is 17.9 Å². The third-order valence-electron chi connectivity index (χ3n) is 4.59. The highest BCUT2D eigenvalue weighted by molar-refractivity contribution is 5.78. The van der Waals surface area contributed by atoms with Gasteiger partial charge in [0.05, 0.1) is 12.5 Å². The van der Waals surface area contributed by atoms with E-state index in [1.165, 1.54) is 0 Å². The summed E-state index contributed by atoms with van der Waals surface area (Å²) in [4.78, 5) is 21.6. The van der Waals surface area contributed by atoms with Gasteiger partial charge in [0.15, 0.2) is 0 Å². The molecule has 0 aromatic carbocycles. The monoisotopic (exact) mass is 342 g/mol. The van der Waals surface area contributed by atoms with Crippen LogP contribution in [0.5, 0.6) is 0 Å². The highest BCUT2D eigenvalue weighted by Crippen LogP contribution is 2.18. The van der Waals surface area contributed by atoms with Gasteiger partial charge in [0.1, 0.15) is 5.82 Å². The van der Waals surface area contributed by atoms with Crippen LogP contribution in [0.2, 0.25) is 0 Å². The molecule has 25 heavy (non-hydrogen) atoms. The Morgan fingerprint density at radius 1 is 1.24 bits per heavy atom. The first-order chi connectivity index (χ1) is 12.1. The molecule has 2 aromatic rings. The van der Waals surface area contributed by atoms with E-state index in [2.05, 4.69) is 32.2 Å². The molecule has 0 spiro atoms. The largest absolute Gasteiger partial charge is 0.354 e. The van der Waals surface area contributed by atoms with Crippen LogP contribution >= 0.6 is 0 Å². The Kier molecular flexibility index (Phi) is 5.65. The molecule has 1 N–H and O–H groups in total. The number of piperazine rings is 1. The lowest BCUT2D eigenvalue weighted by Crippen LogP contribution is -2.45. The Morgan fingerprint density at radius 2 is 2.04 bits per heavy atom. The fraction of sp³-hybridized carbons (Fsp3) is 0.500. The van der Waals surface area contributed by atoms with E-state index in [9.17, 15) is 4.79 Å². The molecule has 1 aliphatic rings. The Bertz CT molecular complexity index is 679. The number of amides is 1. The lowest BCUT2D eigenvalue weighted by atomic mass is 10.1. The van der Waals surface area contributed by atoms with Crippen LogP contribution in [0.1, 0.15) is 12.5 Å². The fourth-order valence-electron chi connectivity index (χ4n) is 3.00. The maximum absolute atomic E-state index is 12.4. The molecule has 2 aromatic heterocycles. The van der Waals surface area contributed by atoms with Gasteiger partial charge < -0.3 is 15.1 Å². The van der Waals surface area contributed by atoms with Gasteiger partial charge in [-0.25, -0.2) is 4.98 Å². The number of nitrogens with zero attached hydrogens (tertiary/aromatic N) is 5. The summed E-state index contributed by atoms with van der Waals surface area (Å²) >= 11 is 0. The van der Waals surface area contributed by atoms with Crippen molar-refractivity contribution in [3.05, 3.63) is 42.4 Å². The van der Waals surface area contributed by atoms with Crippen molar-refractivity contribution in [2.75, 3.05) is 38.1 Å². The van der Waals surface area contributed by atoms with Crippen LogP contribution in [-0.4, -0.2) is 58.8 Å². The zero-order valence-electron chi connectivity index (χ0n) is 14.9. The molecule has 0 radical (unpaired) electrons. The van der Waals surface area contributed by atoms with E-state index < -0.39 is 0 Å². The van der Waals surface area contributed by atoms with Gasteiger partial charge in [-0.3, -0.25) is 9.48 Å².